The SMILES string of the molecule is CNCc1ccc(C(F)(F)F)c(Nc2nc3cc(Cl)c(N4CCC(C(F)(F)F)CC4)cc3n2C)c1. The Hall–Kier alpha value is -2.66. The Morgan fingerprint density at radius 1 is 1.06 bits per heavy atom. The molecule has 1 aliphatic rings. The van der Waals surface area contributed by atoms with Crippen molar-refractivity contribution in [3.05, 3.63) is 46.5 Å². The van der Waals surface area contributed by atoms with Gasteiger partial charge in [-0.15, -0.1) is 0 Å². The molecule has 2 heterocycles. The van der Waals surface area contributed by atoms with Gasteiger partial charge in [0.25, 0.3) is 0 Å². The van der Waals surface area contributed by atoms with Crippen LogP contribution in [0.5, 0.6) is 0 Å². The van der Waals surface area contributed by atoms with E-state index in [1.165, 1.54) is 12.1 Å². The highest BCUT2D eigenvalue weighted by molar-refractivity contribution is 6.34. The number of benzene rings is 2. The first kappa shape index (κ1) is 25.4. The van der Waals surface area contributed by atoms with E-state index in [0.29, 0.717) is 33.9 Å². The van der Waals surface area contributed by atoms with Crippen LogP contribution in [0.1, 0.15) is 24.0 Å². The molecule has 0 atom stereocenters. The summed E-state index contributed by atoms with van der Waals surface area (Å²) < 4.78 is 81.5. The molecule has 0 bridgehead atoms. The van der Waals surface area contributed by atoms with Gasteiger partial charge < -0.3 is 20.1 Å². The molecule has 0 aliphatic carbocycles. The molecule has 5 nitrogen and oxygen atoms in total. The first-order chi connectivity index (χ1) is 16.4. The molecule has 2 aromatic carbocycles. The van der Waals surface area contributed by atoms with E-state index in [0.717, 1.165) is 6.07 Å². The van der Waals surface area contributed by atoms with Crippen molar-refractivity contribution in [1.29, 1.82) is 0 Å². The second-order valence-electron chi connectivity index (χ2n) is 8.62. The fourth-order valence-corrected chi connectivity index (χ4v) is 4.66. The molecule has 0 saturated carbocycles. The summed E-state index contributed by atoms with van der Waals surface area (Å²) in [6.45, 7) is 0.788. The predicted octanol–water partition coefficient (Wildman–Crippen LogP) is 6.49. The van der Waals surface area contributed by atoms with Gasteiger partial charge in [0, 0.05) is 26.7 Å². The summed E-state index contributed by atoms with van der Waals surface area (Å²) in [6.07, 6.45) is -8.84. The Bertz CT molecular complexity index is 1210. The minimum absolute atomic E-state index is 0.0285. The van der Waals surface area contributed by atoms with Crippen molar-refractivity contribution in [2.75, 3.05) is 30.4 Å². The zero-order valence-corrected chi connectivity index (χ0v) is 19.7. The van der Waals surface area contributed by atoms with Crippen molar-refractivity contribution < 1.29 is 26.3 Å². The van der Waals surface area contributed by atoms with Gasteiger partial charge in [-0.1, -0.05) is 17.7 Å². The lowest BCUT2D eigenvalue weighted by atomic mass is 9.96. The predicted molar refractivity (Wildman–Crippen MR) is 124 cm³/mol. The molecule has 12 heteroatoms. The van der Waals surface area contributed by atoms with E-state index >= 15 is 0 Å². The number of nitrogens with one attached hydrogen (secondary N) is 2. The van der Waals surface area contributed by atoms with Crippen molar-refractivity contribution in [3.63, 3.8) is 0 Å². The van der Waals surface area contributed by atoms with Crippen LogP contribution in [0.4, 0.5) is 43.7 Å². The van der Waals surface area contributed by atoms with Gasteiger partial charge in [-0.3, -0.25) is 0 Å². The van der Waals surface area contributed by atoms with Crippen LogP contribution >= 0.6 is 11.6 Å². The summed E-state index contributed by atoms with van der Waals surface area (Å²) in [4.78, 5) is 6.21. The van der Waals surface area contributed by atoms with Crippen LogP contribution < -0.4 is 15.5 Å². The average molecular weight is 520 g/mol. The second kappa shape index (κ2) is 9.42. The number of anilines is 3. The lowest BCUT2D eigenvalue weighted by Gasteiger charge is -2.34. The molecule has 2 N–H and O–H groups in total. The van der Waals surface area contributed by atoms with E-state index in [2.05, 4.69) is 15.6 Å². The minimum Gasteiger partial charge on any atom is -0.370 e. The number of hydrogen-bond acceptors (Lipinski definition) is 4. The number of piperidine rings is 1. The maximum absolute atomic E-state index is 13.6. The van der Waals surface area contributed by atoms with E-state index in [1.807, 2.05) is 0 Å². The van der Waals surface area contributed by atoms with Crippen molar-refractivity contribution in [1.82, 2.24) is 14.9 Å². The second-order valence-corrected chi connectivity index (χ2v) is 9.03. The Morgan fingerprint density at radius 2 is 1.74 bits per heavy atom. The monoisotopic (exact) mass is 519 g/mol. The molecule has 0 spiro atoms. The highest BCUT2D eigenvalue weighted by Gasteiger charge is 2.41. The van der Waals surface area contributed by atoms with Gasteiger partial charge in [-0.05, 0) is 49.7 Å². The molecular formula is C23H24ClF6N5. The normalized spacial score (nSPS) is 15.7. The molecule has 190 valence electrons. The van der Waals surface area contributed by atoms with Gasteiger partial charge in [0.15, 0.2) is 0 Å². The Morgan fingerprint density at radius 3 is 2.34 bits per heavy atom. The van der Waals surface area contributed by atoms with Gasteiger partial charge >= 0.3 is 12.4 Å². The third kappa shape index (κ3) is 5.30. The summed E-state index contributed by atoms with van der Waals surface area (Å²) in [6, 6.07) is 7.15. The number of nitrogens with zero attached hydrogens (tertiary/aromatic N) is 3. The first-order valence-corrected chi connectivity index (χ1v) is 11.4. The highest BCUT2D eigenvalue weighted by Crippen LogP contribution is 2.40. The lowest BCUT2D eigenvalue weighted by Crippen LogP contribution is -2.39. The summed E-state index contributed by atoms with van der Waals surface area (Å²) in [5.41, 5.74) is 1.31. The van der Waals surface area contributed by atoms with Gasteiger partial charge in [0.1, 0.15) is 0 Å². The first-order valence-electron chi connectivity index (χ1n) is 11.0. The maximum Gasteiger partial charge on any atom is 0.418 e. The lowest BCUT2D eigenvalue weighted by molar-refractivity contribution is -0.179. The standard InChI is InChI=1S/C23H24ClF6N5/c1-31-12-13-3-4-15(23(28,29)30)17(9-13)32-21-33-18-10-16(24)19(11-20(18)34(21)2)35-7-5-14(6-8-35)22(25,26)27/h3-4,9-11,14,31H,5-8,12H2,1-2H3,(H,32,33). The Labute approximate surface area is 203 Å². The molecule has 1 saturated heterocycles. The van der Waals surface area contributed by atoms with E-state index in [4.69, 9.17) is 11.6 Å². The number of halogens is 7. The van der Waals surface area contributed by atoms with Crippen LogP contribution in [0, 0.1) is 5.92 Å². The minimum atomic E-state index is -4.57. The van der Waals surface area contributed by atoms with Crippen LogP contribution in [0.25, 0.3) is 11.0 Å². The molecular weight excluding hydrogens is 496 g/mol. The summed E-state index contributed by atoms with van der Waals surface area (Å²) in [5.74, 6) is -1.16. The van der Waals surface area contributed by atoms with Gasteiger partial charge in [-0.2, -0.15) is 26.3 Å². The van der Waals surface area contributed by atoms with Crippen LogP contribution in [0.2, 0.25) is 5.02 Å². The number of rotatable bonds is 5. The molecule has 4 rings (SSSR count). The van der Waals surface area contributed by atoms with Crippen LogP contribution in [0.3, 0.4) is 0 Å². The van der Waals surface area contributed by atoms with E-state index < -0.39 is 23.8 Å². The molecule has 3 aromatic rings. The van der Waals surface area contributed by atoms with Crippen molar-refractivity contribution in [3.8, 4) is 0 Å². The Balaban J connectivity index is 1.66. The maximum atomic E-state index is 13.6. The third-order valence-electron chi connectivity index (χ3n) is 6.26. The van der Waals surface area contributed by atoms with Crippen molar-refractivity contribution in [2.24, 2.45) is 13.0 Å². The fourth-order valence-electron chi connectivity index (χ4n) is 4.38. The number of alkyl halides is 6. The molecule has 35 heavy (non-hydrogen) atoms. The zero-order chi connectivity index (χ0) is 25.5. The smallest absolute Gasteiger partial charge is 0.370 e. The summed E-state index contributed by atoms with van der Waals surface area (Å²) >= 11 is 6.44. The molecule has 1 aromatic heterocycles. The van der Waals surface area contributed by atoms with E-state index in [-0.39, 0.29) is 37.6 Å². The van der Waals surface area contributed by atoms with Gasteiger partial charge in [0.05, 0.1) is 38.9 Å². The van der Waals surface area contributed by atoms with Gasteiger partial charge in [-0.25, -0.2) is 4.98 Å². The summed E-state index contributed by atoms with van der Waals surface area (Å²) in [5, 5.41) is 6.03. The molecule has 1 fully saturated rings. The summed E-state index contributed by atoms with van der Waals surface area (Å²) in [7, 11) is 3.35. The number of imidazole rings is 1. The largest absolute Gasteiger partial charge is 0.418 e. The third-order valence-corrected chi connectivity index (χ3v) is 6.57. The molecule has 0 radical (unpaired) electrons. The van der Waals surface area contributed by atoms with Crippen molar-refractivity contribution in [2.45, 2.75) is 31.7 Å². The van der Waals surface area contributed by atoms with Crippen LogP contribution in [-0.2, 0) is 19.8 Å². The molecule has 1 aliphatic heterocycles. The Kier molecular flexibility index (Phi) is 6.85. The molecule has 0 unspecified atom stereocenters. The van der Waals surface area contributed by atoms with Crippen molar-refractivity contribution >= 4 is 40.0 Å². The quantitative estimate of drug-likeness (QED) is 0.378. The number of fused-ring (bicyclic) bond motifs is 1. The van der Waals surface area contributed by atoms with E-state index in [1.54, 1.807) is 35.7 Å². The molecule has 0 amide bonds. The highest BCUT2D eigenvalue weighted by atomic mass is 35.5. The zero-order valence-electron chi connectivity index (χ0n) is 19.0. The number of aromatic nitrogens is 2. The number of aryl methyl sites for hydroxylation is 1. The average Bonchev–Trinajstić information content (AvgIpc) is 3.06. The fraction of sp³-hybridized carbons (Fsp3) is 0.435. The topological polar surface area (TPSA) is 45.1 Å². The van der Waals surface area contributed by atoms with Crippen LogP contribution in [-0.4, -0.2) is 35.9 Å². The number of hydrogen-bond donors (Lipinski definition) is 2. The van der Waals surface area contributed by atoms with E-state index in [9.17, 15) is 26.3 Å². The van der Waals surface area contributed by atoms with Gasteiger partial charge in [0.2, 0.25) is 5.95 Å². The van der Waals surface area contributed by atoms with Crippen LogP contribution in [0.15, 0.2) is 30.3 Å².